The number of rotatable bonds is 3. The molecule has 1 fully saturated rings. The molecule has 10 heteroatoms. The number of fused-ring (bicyclic) bond motifs is 1. The molecule has 1 saturated heterocycles. The molecule has 0 saturated carbocycles. The molecule has 0 atom stereocenters. The van der Waals surface area contributed by atoms with Gasteiger partial charge in [-0.3, -0.25) is 10.1 Å². The molecule has 3 aromatic rings. The molecule has 27 heavy (non-hydrogen) atoms. The summed E-state index contributed by atoms with van der Waals surface area (Å²) in [4.78, 5) is 22.9. The molecule has 4 rings (SSSR count). The Labute approximate surface area is 159 Å². The maximum Gasteiger partial charge on any atom is 0.313 e. The van der Waals surface area contributed by atoms with Gasteiger partial charge >= 0.3 is 5.69 Å². The largest absolute Gasteiger partial charge is 0.369 e. The fourth-order valence-corrected chi connectivity index (χ4v) is 3.84. The Hall–Kier alpha value is -3.27. The molecule has 0 radical (unpaired) electrons. The first-order chi connectivity index (χ1) is 13.1. The van der Waals surface area contributed by atoms with Crippen molar-refractivity contribution in [2.24, 2.45) is 10.7 Å². The van der Waals surface area contributed by atoms with Crippen LogP contribution in [0.5, 0.6) is 0 Å². The average Bonchev–Trinajstić information content (AvgIpc) is 3.12. The quantitative estimate of drug-likeness (QED) is 0.320. The van der Waals surface area contributed by atoms with E-state index in [1.807, 2.05) is 17.0 Å². The highest BCUT2D eigenvalue weighted by Gasteiger charge is 2.22. The molecular weight excluding hydrogens is 366 g/mol. The summed E-state index contributed by atoms with van der Waals surface area (Å²) in [5, 5.41) is 12.2. The number of nitrogens with two attached hydrogens (primary N) is 1. The normalized spacial score (nSPS) is 15.3. The van der Waals surface area contributed by atoms with Gasteiger partial charge in [-0.1, -0.05) is 12.1 Å². The lowest BCUT2D eigenvalue weighted by atomic mass is 10.2. The van der Waals surface area contributed by atoms with Crippen molar-refractivity contribution < 1.29 is 4.92 Å². The van der Waals surface area contributed by atoms with Crippen molar-refractivity contribution in [3.05, 3.63) is 52.7 Å². The fourth-order valence-electron chi connectivity index (χ4n) is 3.04. The van der Waals surface area contributed by atoms with Crippen molar-refractivity contribution >= 4 is 44.9 Å². The van der Waals surface area contributed by atoms with Gasteiger partial charge in [0, 0.05) is 43.8 Å². The fraction of sp³-hybridized carbons (Fsp3) is 0.235. The zero-order valence-electron chi connectivity index (χ0n) is 14.4. The molecule has 0 unspecified atom stereocenters. The molecule has 2 N–H and O–H groups in total. The van der Waals surface area contributed by atoms with E-state index in [2.05, 4.69) is 31.4 Å². The van der Waals surface area contributed by atoms with Gasteiger partial charge in [-0.15, -0.1) is 0 Å². The summed E-state index contributed by atoms with van der Waals surface area (Å²) in [7, 11) is 0. The molecule has 1 aromatic carbocycles. The van der Waals surface area contributed by atoms with Gasteiger partial charge in [-0.05, 0) is 29.7 Å². The first kappa shape index (κ1) is 17.2. The van der Waals surface area contributed by atoms with Crippen LogP contribution in [0.1, 0.15) is 0 Å². The highest BCUT2D eigenvalue weighted by atomic mass is 32.1. The van der Waals surface area contributed by atoms with Crippen LogP contribution in [0.4, 0.5) is 17.3 Å². The Morgan fingerprint density at radius 3 is 2.74 bits per heavy atom. The molecule has 0 aliphatic carbocycles. The molecule has 1 aliphatic rings. The van der Waals surface area contributed by atoms with Crippen molar-refractivity contribution in [2.75, 3.05) is 31.1 Å². The van der Waals surface area contributed by atoms with Crippen LogP contribution < -0.4 is 10.6 Å². The lowest BCUT2D eigenvalue weighted by molar-refractivity contribution is -0.384. The van der Waals surface area contributed by atoms with Crippen molar-refractivity contribution in [1.29, 1.82) is 0 Å². The van der Waals surface area contributed by atoms with Crippen LogP contribution in [0.2, 0.25) is 0 Å². The van der Waals surface area contributed by atoms with Gasteiger partial charge in [0.2, 0.25) is 5.82 Å². The highest BCUT2D eigenvalue weighted by Crippen LogP contribution is 2.30. The number of guanidine groups is 1. The van der Waals surface area contributed by atoms with Crippen LogP contribution in [0, 0.1) is 10.1 Å². The molecule has 2 aromatic heterocycles. The summed E-state index contributed by atoms with van der Waals surface area (Å²) < 4.78 is 5.76. The zero-order chi connectivity index (χ0) is 18.8. The summed E-state index contributed by atoms with van der Waals surface area (Å²) >= 11 is 1.49. The smallest absolute Gasteiger partial charge is 0.313 e. The van der Waals surface area contributed by atoms with Crippen LogP contribution in [0.15, 0.2) is 47.6 Å². The highest BCUT2D eigenvalue weighted by molar-refractivity contribution is 7.13. The van der Waals surface area contributed by atoms with Crippen LogP contribution in [0.25, 0.3) is 10.1 Å². The third-order valence-corrected chi connectivity index (χ3v) is 5.26. The Morgan fingerprint density at radius 2 is 1.96 bits per heavy atom. The minimum Gasteiger partial charge on any atom is -0.369 e. The standard InChI is InChI=1S/C17H17N7O2S/c18-17(20-15-13(24(25)26)5-3-7-19-15)23-10-8-22(9-11-23)16-12-4-1-2-6-14(12)27-21-16/h1-7H,8-11H2,(H2,18,19,20). The second-order valence-corrected chi connectivity index (χ2v) is 6.85. The van der Waals surface area contributed by atoms with Gasteiger partial charge in [0.15, 0.2) is 5.96 Å². The number of pyridine rings is 1. The average molecular weight is 383 g/mol. The van der Waals surface area contributed by atoms with E-state index in [0.29, 0.717) is 13.1 Å². The molecular formula is C17H17N7O2S. The molecule has 3 heterocycles. The third kappa shape index (κ3) is 3.38. The van der Waals surface area contributed by atoms with Crippen LogP contribution in [-0.2, 0) is 0 Å². The first-order valence-electron chi connectivity index (χ1n) is 8.41. The number of nitrogens with zero attached hydrogens (tertiary/aromatic N) is 6. The maximum absolute atomic E-state index is 11.1. The molecule has 0 bridgehead atoms. The van der Waals surface area contributed by atoms with Crippen LogP contribution in [-0.4, -0.2) is 51.3 Å². The SMILES string of the molecule is NC(=Nc1ncccc1[N+](=O)[O-])N1CCN(c2nsc3ccccc23)CC1. The van der Waals surface area contributed by atoms with E-state index in [0.717, 1.165) is 24.3 Å². The zero-order valence-corrected chi connectivity index (χ0v) is 15.2. The number of anilines is 1. The van der Waals surface area contributed by atoms with Gasteiger partial charge in [0.1, 0.15) is 5.82 Å². The number of benzene rings is 1. The Bertz CT molecular complexity index is 1010. The third-order valence-electron chi connectivity index (χ3n) is 4.44. The number of nitro groups is 1. The topological polar surface area (TPSA) is 114 Å². The summed E-state index contributed by atoms with van der Waals surface area (Å²) in [6.07, 6.45) is 1.46. The van der Waals surface area contributed by atoms with E-state index in [1.165, 1.54) is 34.6 Å². The lowest BCUT2D eigenvalue weighted by Gasteiger charge is -2.35. The molecule has 138 valence electrons. The summed E-state index contributed by atoms with van der Waals surface area (Å²) in [5.41, 5.74) is 5.93. The number of hydrogen-bond donors (Lipinski definition) is 1. The lowest BCUT2D eigenvalue weighted by Crippen LogP contribution is -2.51. The number of aliphatic imine (C=N–C) groups is 1. The van der Waals surface area contributed by atoms with Gasteiger partial charge in [-0.25, -0.2) is 4.98 Å². The Balaban J connectivity index is 1.48. The first-order valence-corrected chi connectivity index (χ1v) is 9.18. The van der Waals surface area contributed by atoms with Gasteiger partial charge in [-0.2, -0.15) is 9.37 Å². The molecule has 0 spiro atoms. The van der Waals surface area contributed by atoms with Gasteiger partial charge in [0.05, 0.1) is 9.62 Å². The Kier molecular flexibility index (Phi) is 4.55. The van der Waals surface area contributed by atoms with E-state index in [-0.39, 0.29) is 17.5 Å². The number of piperazine rings is 1. The minimum atomic E-state index is -0.510. The summed E-state index contributed by atoms with van der Waals surface area (Å²) in [5.74, 6) is 1.25. The van der Waals surface area contributed by atoms with E-state index in [1.54, 1.807) is 0 Å². The van der Waals surface area contributed by atoms with Crippen molar-refractivity contribution in [2.45, 2.75) is 0 Å². The number of aromatic nitrogens is 2. The number of hydrogen-bond acceptors (Lipinski definition) is 7. The monoisotopic (exact) mass is 383 g/mol. The molecule has 0 amide bonds. The van der Waals surface area contributed by atoms with Gasteiger partial charge < -0.3 is 15.5 Å². The molecule has 9 nitrogen and oxygen atoms in total. The van der Waals surface area contributed by atoms with Crippen LogP contribution in [0.3, 0.4) is 0 Å². The molecule has 1 aliphatic heterocycles. The predicted molar refractivity (Wildman–Crippen MR) is 106 cm³/mol. The van der Waals surface area contributed by atoms with E-state index >= 15 is 0 Å². The van der Waals surface area contributed by atoms with Crippen molar-refractivity contribution in [3.8, 4) is 0 Å². The minimum absolute atomic E-state index is 0.0212. The predicted octanol–water partition coefficient (Wildman–Crippen LogP) is 2.37. The van der Waals surface area contributed by atoms with E-state index in [9.17, 15) is 10.1 Å². The van der Waals surface area contributed by atoms with E-state index in [4.69, 9.17) is 5.73 Å². The van der Waals surface area contributed by atoms with Gasteiger partial charge in [0.25, 0.3) is 0 Å². The maximum atomic E-state index is 11.1. The Morgan fingerprint density at radius 1 is 1.19 bits per heavy atom. The second kappa shape index (κ2) is 7.16. The second-order valence-electron chi connectivity index (χ2n) is 6.05. The van der Waals surface area contributed by atoms with E-state index < -0.39 is 4.92 Å². The summed E-state index contributed by atoms with van der Waals surface area (Å²) in [6.45, 7) is 2.80. The van der Waals surface area contributed by atoms with Crippen molar-refractivity contribution in [1.82, 2.24) is 14.3 Å². The van der Waals surface area contributed by atoms with Crippen LogP contribution >= 0.6 is 11.5 Å². The summed E-state index contributed by atoms with van der Waals surface area (Å²) in [6, 6.07) is 11.0. The van der Waals surface area contributed by atoms with Crippen molar-refractivity contribution in [3.63, 3.8) is 0 Å².